The van der Waals surface area contributed by atoms with E-state index in [2.05, 4.69) is 15.1 Å². The monoisotopic (exact) mass is 269 g/mol. The molecule has 2 N–H and O–H groups in total. The van der Waals surface area contributed by atoms with Crippen LogP contribution in [0.5, 0.6) is 0 Å². The zero-order valence-corrected chi connectivity index (χ0v) is 12.5. The maximum absolute atomic E-state index is 9.03. The zero-order chi connectivity index (χ0) is 13.5. The average Bonchev–Trinajstić information content (AvgIpc) is 2.93. The Balaban J connectivity index is 1.63. The maximum atomic E-state index is 9.03. The summed E-state index contributed by atoms with van der Waals surface area (Å²) in [6, 6.07) is 0.445. The molecule has 19 heavy (non-hydrogen) atoms. The van der Waals surface area contributed by atoms with Gasteiger partial charge in [0.1, 0.15) is 0 Å². The Morgan fingerprint density at radius 2 is 1.79 bits per heavy atom. The van der Waals surface area contributed by atoms with Gasteiger partial charge in [-0.05, 0) is 71.2 Å². The first-order chi connectivity index (χ1) is 9.31. The molecule has 0 spiro atoms. The number of aliphatic hydroxyl groups excluding tert-OH is 1. The van der Waals surface area contributed by atoms with Crippen molar-refractivity contribution in [1.29, 1.82) is 0 Å². The van der Waals surface area contributed by atoms with Crippen LogP contribution in [0.3, 0.4) is 0 Å². The molecule has 0 aliphatic carbocycles. The van der Waals surface area contributed by atoms with E-state index in [9.17, 15) is 0 Å². The smallest absolute Gasteiger partial charge is 0.0446 e. The van der Waals surface area contributed by atoms with E-state index < -0.39 is 0 Å². The van der Waals surface area contributed by atoms with Crippen LogP contribution in [0.15, 0.2) is 0 Å². The van der Waals surface area contributed by atoms with Crippen LogP contribution in [0.25, 0.3) is 0 Å². The highest BCUT2D eigenvalue weighted by Gasteiger charge is 2.23. The third-order valence-corrected chi connectivity index (χ3v) is 4.79. The average molecular weight is 269 g/mol. The SMILES string of the molecule is CNC(CCO)CN1CCC(CN2CCCC2)CC1. The minimum Gasteiger partial charge on any atom is -0.396 e. The van der Waals surface area contributed by atoms with Gasteiger partial charge in [0.05, 0.1) is 0 Å². The van der Waals surface area contributed by atoms with Gasteiger partial charge in [0, 0.05) is 25.7 Å². The number of nitrogens with zero attached hydrogens (tertiary/aromatic N) is 2. The summed E-state index contributed by atoms with van der Waals surface area (Å²) in [5.41, 5.74) is 0. The van der Waals surface area contributed by atoms with E-state index in [-0.39, 0.29) is 6.61 Å². The molecule has 0 aromatic carbocycles. The topological polar surface area (TPSA) is 38.7 Å². The van der Waals surface area contributed by atoms with Gasteiger partial charge in [0.2, 0.25) is 0 Å². The van der Waals surface area contributed by atoms with Crippen LogP contribution in [0.2, 0.25) is 0 Å². The number of hydrogen-bond donors (Lipinski definition) is 2. The molecule has 4 nitrogen and oxygen atoms in total. The van der Waals surface area contributed by atoms with Crippen molar-refractivity contribution in [2.24, 2.45) is 5.92 Å². The molecule has 0 bridgehead atoms. The maximum Gasteiger partial charge on any atom is 0.0446 e. The number of aliphatic hydroxyl groups is 1. The highest BCUT2D eigenvalue weighted by atomic mass is 16.3. The van der Waals surface area contributed by atoms with Gasteiger partial charge in [-0.1, -0.05) is 0 Å². The minimum absolute atomic E-state index is 0.289. The second kappa shape index (κ2) is 8.20. The van der Waals surface area contributed by atoms with Crippen molar-refractivity contribution in [2.45, 2.75) is 38.1 Å². The van der Waals surface area contributed by atoms with E-state index in [0.29, 0.717) is 6.04 Å². The lowest BCUT2D eigenvalue weighted by Crippen LogP contribution is -2.44. The quantitative estimate of drug-likeness (QED) is 0.716. The molecule has 2 aliphatic heterocycles. The first-order valence-corrected chi connectivity index (χ1v) is 8.04. The molecule has 2 heterocycles. The van der Waals surface area contributed by atoms with Gasteiger partial charge in [-0.3, -0.25) is 0 Å². The predicted molar refractivity (Wildman–Crippen MR) is 79.4 cm³/mol. The van der Waals surface area contributed by atoms with E-state index in [1.807, 2.05) is 7.05 Å². The van der Waals surface area contributed by atoms with Gasteiger partial charge in [0.15, 0.2) is 0 Å². The van der Waals surface area contributed by atoms with Gasteiger partial charge >= 0.3 is 0 Å². The second-order valence-corrected chi connectivity index (χ2v) is 6.25. The first kappa shape index (κ1) is 15.2. The lowest BCUT2D eigenvalue weighted by Gasteiger charge is -2.35. The van der Waals surface area contributed by atoms with Crippen molar-refractivity contribution in [2.75, 3.05) is 52.9 Å². The van der Waals surface area contributed by atoms with Crippen molar-refractivity contribution in [3.63, 3.8) is 0 Å². The molecule has 2 fully saturated rings. The van der Waals surface area contributed by atoms with E-state index >= 15 is 0 Å². The van der Waals surface area contributed by atoms with E-state index in [0.717, 1.165) is 18.9 Å². The van der Waals surface area contributed by atoms with E-state index in [1.165, 1.54) is 58.4 Å². The minimum atomic E-state index is 0.289. The summed E-state index contributed by atoms with van der Waals surface area (Å²) >= 11 is 0. The summed E-state index contributed by atoms with van der Waals surface area (Å²) in [6.07, 6.45) is 6.38. The van der Waals surface area contributed by atoms with Crippen LogP contribution in [0, 0.1) is 5.92 Å². The highest BCUT2D eigenvalue weighted by Crippen LogP contribution is 2.20. The zero-order valence-electron chi connectivity index (χ0n) is 12.5. The molecular formula is C15H31N3O. The standard InChI is InChI=1S/C15H31N3O/c1-16-15(6-11-19)13-18-9-4-14(5-10-18)12-17-7-2-3-8-17/h14-16,19H,2-13H2,1H3. The Morgan fingerprint density at radius 1 is 1.11 bits per heavy atom. The Morgan fingerprint density at radius 3 is 2.37 bits per heavy atom. The van der Waals surface area contributed by atoms with Crippen LogP contribution in [-0.2, 0) is 0 Å². The lowest BCUT2D eigenvalue weighted by molar-refractivity contribution is 0.138. The molecule has 4 heteroatoms. The van der Waals surface area contributed by atoms with Gasteiger partial charge < -0.3 is 20.2 Å². The fraction of sp³-hybridized carbons (Fsp3) is 1.00. The Labute approximate surface area is 118 Å². The second-order valence-electron chi connectivity index (χ2n) is 6.25. The predicted octanol–water partition coefficient (Wildman–Crippen LogP) is 0.765. The van der Waals surface area contributed by atoms with Crippen molar-refractivity contribution in [3.8, 4) is 0 Å². The van der Waals surface area contributed by atoms with E-state index in [4.69, 9.17) is 5.11 Å². The van der Waals surface area contributed by atoms with Crippen molar-refractivity contribution in [1.82, 2.24) is 15.1 Å². The summed E-state index contributed by atoms with van der Waals surface area (Å²) < 4.78 is 0. The third kappa shape index (κ3) is 5.03. The number of likely N-dealkylation sites (tertiary alicyclic amines) is 2. The summed E-state index contributed by atoms with van der Waals surface area (Å²) in [5, 5.41) is 12.3. The van der Waals surface area contributed by atoms with Crippen molar-refractivity contribution < 1.29 is 5.11 Å². The molecule has 2 saturated heterocycles. The van der Waals surface area contributed by atoms with Gasteiger partial charge in [-0.15, -0.1) is 0 Å². The summed E-state index contributed by atoms with van der Waals surface area (Å²) in [7, 11) is 2.00. The molecule has 1 atom stereocenters. The van der Waals surface area contributed by atoms with Crippen LogP contribution in [0.1, 0.15) is 32.1 Å². The van der Waals surface area contributed by atoms with Crippen molar-refractivity contribution in [3.05, 3.63) is 0 Å². The van der Waals surface area contributed by atoms with Gasteiger partial charge in [-0.2, -0.15) is 0 Å². The number of piperidine rings is 1. The first-order valence-electron chi connectivity index (χ1n) is 8.04. The largest absolute Gasteiger partial charge is 0.396 e. The van der Waals surface area contributed by atoms with Gasteiger partial charge in [0.25, 0.3) is 0 Å². The number of rotatable bonds is 7. The lowest BCUT2D eigenvalue weighted by atomic mass is 9.96. The molecular weight excluding hydrogens is 238 g/mol. The molecule has 2 aliphatic rings. The summed E-state index contributed by atoms with van der Waals surface area (Å²) in [5.74, 6) is 0.917. The molecule has 0 aromatic rings. The fourth-order valence-electron chi connectivity index (χ4n) is 3.48. The van der Waals surface area contributed by atoms with Crippen LogP contribution in [0.4, 0.5) is 0 Å². The van der Waals surface area contributed by atoms with Crippen LogP contribution >= 0.6 is 0 Å². The number of hydrogen-bond acceptors (Lipinski definition) is 4. The van der Waals surface area contributed by atoms with Crippen LogP contribution < -0.4 is 5.32 Å². The molecule has 0 aromatic heterocycles. The number of likely N-dealkylation sites (N-methyl/N-ethyl adjacent to an activating group) is 1. The molecule has 112 valence electrons. The normalized spacial score (nSPS) is 24.9. The Kier molecular flexibility index (Phi) is 6.57. The molecule has 0 amide bonds. The highest BCUT2D eigenvalue weighted by molar-refractivity contribution is 4.79. The molecule has 0 saturated carbocycles. The Hall–Kier alpha value is -0.160. The van der Waals surface area contributed by atoms with Crippen molar-refractivity contribution >= 4 is 0 Å². The van der Waals surface area contributed by atoms with Crippen LogP contribution in [-0.4, -0.2) is 73.9 Å². The van der Waals surface area contributed by atoms with Gasteiger partial charge in [-0.25, -0.2) is 0 Å². The fourth-order valence-corrected chi connectivity index (χ4v) is 3.48. The summed E-state index contributed by atoms with van der Waals surface area (Å²) in [4.78, 5) is 5.22. The molecule has 1 unspecified atom stereocenters. The third-order valence-electron chi connectivity index (χ3n) is 4.79. The van der Waals surface area contributed by atoms with E-state index in [1.54, 1.807) is 0 Å². The summed E-state index contributed by atoms with van der Waals surface area (Å²) in [6.45, 7) is 7.85. The molecule has 2 rings (SSSR count). The number of nitrogens with one attached hydrogen (secondary N) is 1. The molecule has 0 radical (unpaired) electrons. The Bertz CT molecular complexity index is 236.